The molecule has 5 nitrogen and oxygen atoms in total. The zero-order chi connectivity index (χ0) is 21.5. The molecular weight excluding hydrogens is 393 g/mol. The smallest absolute Gasteiger partial charge is 0.277 e. The van der Waals surface area contributed by atoms with Gasteiger partial charge in [-0.25, -0.2) is 4.39 Å². The first-order chi connectivity index (χ1) is 15.1. The molecule has 6 heteroatoms. The lowest BCUT2D eigenvalue weighted by molar-refractivity contribution is 0.0988. The van der Waals surface area contributed by atoms with Crippen molar-refractivity contribution in [2.75, 3.05) is 12.0 Å². The van der Waals surface area contributed by atoms with Gasteiger partial charge < -0.3 is 4.74 Å². The van der Waals surface area contributed by atoms with Crippen molar-refractivity contribution in [2.45, 2.75) is 13.0 Å². The van der Waals surface area contributed by atoms with Gasteiger partial charge in [-0.2, -0.15) is 5.10 Å². The molecule has 1 atom stereocenters. The standard InChI is InChI=1S/C25H20FN3O2/c1-15-7-9-16(10-8-15)22-21-23(28-27-22)25(30)29(18-13-11-17(26)12-14-18)24(21)19-5-3-4-6-20(19)31-2/h3-14,24H,1-2H3,(H,27,28)/t24-/m1/s1. The van der Waals surface area contributed by atoms with Crippen molar-refractivity contribution in [1.29, 1.82) is 0 Å². The molecule has 31 heavy (non-hydrogen) atoms. The van der Waals surface area contributed by atoms with Crippen molar-refractivity contribution in [3.63, 3.8) is 0 Å². The van der Waals surface area contributed by atoms with E-state index in [1.807, 2.05) is 55.5 Å². The van der Waals surface area contributed by atoms with Gasteiger partial charge in [-0.3, -0.25) is 14.8 Å². The van der Waals surface area contributed by atoms with Crippen molar-refractivity contribution in [2.24, 2.45) is 0 Å². The van der Waals surface area contributed by atoms with E-state index in [1.165, 1.54) is 12.1 Å². The van der Waals surface area contributed by atoms with Gasteiger partial charge >= 0.3 is 0 Å². The van der Waals surface area contributed by atoms with Gasteiger partial charge in [-0.1, -0.05) is 48.0 Å². The normalized spacial score (nSPS) is 15.3. The molecule has 1 aliphatic rings. The van der Waals surface area contributed by atoms with E-state index in [2.05, 4.69) is 10.2 Å². The Kier molecular flexibility index (Phi) is 4.55. The van der Waals surface area contributed by atoms with Crippen LogP contribution in [0, 0.1) is 12.7 Å². The average Bonchev–Trinajstić information content (AvgIpc) is 3.34. The predicted octanol–water partition coefficient (Wildman–Crippen LogP) is 5.28. The van der Waals surface area contributed by atoms with Crippen LogP contribution in [0.25, 0.3) is 11.3 Å². The summed E-state index contributed by atoms with van der Waals surface area (Å²) in [5.41, 5.74) is 5.40. The van der Waals surface area contributed by atoms with Crippen LogP contribution in [0.3, 0.4) is 0 Å². The Labute approximate surface area is 179 Å². The number of aryl methyl sites for hydroxylation is 1. The van der Waals surface area contributed by atoms with Gasteiger partial charge in [0.25, 0.3) is 5.91 Å². The van der Waals surface area contributed by atoms with Crippen LogP contribution in [-0.4, -0.2) is 23.2 Å². The summed E-state index contributed by atoms with van der Waals surface area (Å²) in [5, 5.41) is 7.43. The molecule has 0 saturated heterocycles. The van der Waals surface area contributed by atoms with E-state index in [1.54, 1.807) is 24.1 Å². The summed E-state index contributed by atoms with van der Waals surface area (Å²) in [6.07, 6.45) is 0. The molecule has 1 aliphatic heterocycles. The first kappa shape index (κ1) is 19.1. The van der Waals surface area contributed by atoms with E-state index in [0.717, 1.165) is 22.3 Å². The number of carbonyl (C=O) groups is 1. The molecule has 0 spiro atoms. The molecular formula is C25H20FN3O2. The number of para-hydroxylation sites is 1. The number of methoxy groups -OCH3 is 1. The second-order valence-corrected chi connectivity index (χ2v) is 7.52. The third kappa shape index (κ3) is 3.08. The number of anilines is 1. The molecule has 5 rings (SSSR count). The van der Waals surface area contributed by atoms with E-state index < -0.39 is 6.04 Å². The summed E-state index contributed by atoms with van der Waals surface area (Å²) in [6.45, 7) is 2.02. The number of hydrogen-bond donors (Lipinski definition) is 1. The number of benzene rings is 3. The van der Waals surface area contributed by atoms with Gasteiger partial charge in [0.05, 0.1) is 18.8 Å². The van der Waals surface area contributed by atoms with Gasteiger partial charge in [0.1, 0.15) is 17.3 Å². The zero-order valence-corrected chi connectivity index (χ0v) is 17.1. The van der Waals surface area contributed by atoms with Gasteiger partial charge in [-0.15, -0.1) is 0 Å². The Hall–Kier alpha value is -3.93. The molecule has 1 amide bonds. The van der Waals surface area contributed by atoms with Crippen LogP contribution in [0.1, 0.15) is 33.2 Å². The SMILES string of the molecule is COc1ccccc1[C@@H]1c2c(-c3ccc(C)cc3)n[nH]c2C(=O)N1c1ccc(F)cc1. The fraction of sp³-hybridized carbons (Fsp3) is 0.120. The van der Waals surface area contributed by atoms with Crippen molar-refractivity contribution < 1.29 is 13.9 Å². The van der Waals surface area contributed by atoms with Crippen LogP contribution in [0.2, 0.25) is 0 Å². The number of hydrogen-bond acceptors (Lipinski definition) is 3. The summed E-state index contributed by atoms with van der Waals surface area (Å²) in [5.74, 6) is 0.0875. The highest BCUT2D eigenvalue weighted by molar-refractivity contribution is 6.11. The van der Waals surface area contributed by atoms with E-state index in [9.17, 15) is 9.18 Å². The minimum atomic E-state index is -0.473. The first-order valence-electron chi connectivity index (χ1n) is 9.96. The van der Waals surface area contributed by atoms with E-state index in [4.69, 9.17) is 4.74 Å². The number of nitrogens with zero attached hydrogens (tertiary/aromatic N) is 2. The number of halogens is 1. The molecule has 0 saturated carbocycles. The van der Waals surface area contributed by atoms with Gasteiger partial charge in [0.2, 0.25) is 0 Å². The van der Waals surface area contributed by atoms with Gasteiger partial charge in [0.15, 0.2) is 0 Å². The molecule has 3 aromatic carbocycles. The number of aromatic nitrogens is 2. The third-order valence-electron chi connectivity index (χ3n) is 5.63. The number of ether oxygens (including phenoxy) is 1. The quantitative estimate of drug-likeness (QED) is 0.495. The zero-order valence-electron chi connectivity index (χ0n) is 17.1. The molecule has 0 aliphatic carbocycles. The Morgan fingerprint density at radius 3 is 2.42 bits per heavy atom. The molecule has 1 aromatic heterocycles. The first-order valence-corrected chi connectivity index (χ1v) is 9.96. The molecule has 4 aromatic rings. The summed E-state index contributed by atoms with van der Waals surface area (Å²) in [7, 11) is 1.61. The monoisotopic (exact) mass is 413 g/mol. The highest BCUT2D eigenvalue weighted by atomic mass is 19.1. The van der Waals surface area contributed by atoms with Crippen LogP contribution in [-0.2, 0) is 0 Å². The van der Waals surface area contributed by atoms with Gasteiger partial charge in [-0.05, 0) is 37.3 Å². The number of carbonyl (C=O) groups excluding carboxylic acids is 1. The fourth-order valence-electron chi connectivity index (χ4n) is 4.13. The number of H-pyrrole nitrogens is 1. The lowest BCUT2D eigenvalue weighted by Crippen LogP contribution is -2.29. The number of aromatic amines is 1. The highest BCUT2D eigenvalue weighted by Gasteiger charge is 2.44. The molecule has 154 valence electrons. The molecule has 0 bridgehead atoms. The highest BCUT2D eigenvalue weighted by Crippen LogP contribution is 2.47. The predicted molar refractivity (Wildman–Crippen MR) is 117 cm³/mol. The molecule has 0 fully saturated rings. The maximum atomic E-state index is 13.6. The summed E-state index contributed by atoms with van der Waals surface area (Å²) in [6, 6.07) is 21.1. The van der Waals surface area contributed by atoms with Crippen LogP contribution < -0.4 is 9.64 Å². The number of fused-ring (bicyclic) bond motifs is 1. The van der Waals surface area contributed by atoms with Crippen molar-refractivity contribution in [3.8, 4) is 17.0 Å². The Balaban J connectivity index is 1.75. The van der Waals surface area contributed by atoms with E-state index in [-0.39, 0.29) is 11.7 Å². The minimum absolute atomic E-state index is 0.219. The number of rotatable bonds is 4. The minimum Gasteiger partial charge on any atom is -0.496 e. The lowest BCUT2D eigenvalue weighted by Gasteiger charge is -2.27. The third-order valence-corrected chi connectivity index (χ3v) is 5.63. The average molecular weight is 413 g/mol. The lowest BCUT2D eigenvalue weighted by atomic mass is 9.95. The number of nitrogens with one attached hydrogen (secondary N) is 1. The Bertz CT molecular complexity index is 1260. The Morgan fingerprint density at radius 2 is 1.71 bits per heavy atom. The second-order valence-electron chi connectivity index (χ2n) is 7.52. The molecule has 0 radical (unpaired) electrons. The van der Waals surface area contributed by atoms with Crippen LogP contribution in [0.5, 0.6) is 5.75 Å². The summed E-state index contributed by atoms with van der Waals surface area (Å²) in [4.78, 5) is 15.1. The molecule has 2 heterocycles. The van der Waals surface area contributed by atoms with Crippen molar-refractivity contribution in [3.05, 3.63) is 101 Å². The summed E-state index contributed by atoms with van der Waals surface area (Å²) < 4.78 is 19.2. The Morgan fingerprint density at radius 1 is 1.00 bits per heavy atom. The van der Waals surface area contributed by atoms with Crippen LogP contribution >= 0.6 is 0 Å². The maximum absolute atomic E-state index is 13.6. The fourth-order valence-corrected chi connectivity index (χ4v) is 4.13. The van der Waals surface area contributed by atoms with Crippen molar-refractivity contribution >= 4 is 11.6 Å². The van der Waals surface area contributed by atoms with E-state index in [0.29, 0.717) is 22.8 Å². The number of amides is 1. The molecule has 0 unspecified atom stereocenters. The second kappa shape index (κ2) is 7.40. The van der Waals surface area contributed by atoms with Crippen LogP contribution in [0.15, 0.2) is 72.8 Å². The van der Waals surface area contributed by atoms with E-state index >= 15 is 0 Å². The largest absolute Gasteiger partial charge is 0.496 e. The summed E-state index contributed by atoms with van der Waals surface area (Å²) >= 11 is 0. The maximum Gasteiger partial charge on any atom is 0.277 e. The van der Waals surface area contributed by atoms with Crippen LogP contribution in [0.4, 0.5) is 10.1 Å². The van der Waals surface area contributed by atoms with Gasteiger partial charge in [0, 0.05) is 22.4 Å². The molecule has 1 N–H and O–H groups in total. The topological polar surface area (TPSA) is 58.2 Å². The van der Waals surface area contributed by atoms with Crippen molar-refractivity contribution in [1.82, 2.24) is 10.2 Å².